The second kappa shape index (κ2) is 5.55. The molecular weight excluding hydrogens is 216 g/mol. The minimum Gasteiger partial charge on any atom is -0.388 e. The van der Waals surface area contributed by atoms with Gasteiger partial charge in [0.1, 0.15) is 0 Å². The Morgan fingerprint density at radius 3 is 2.62 bits per heavy atom. The van der Waals surface area contributed by atoms with Crippen molar-refractivity contribution in [1.29, 1.82) is 0 Å². The molecule has 1 atom stereocenters. The van der Waals surface area contributed by atoms with Gasteiger partial charge < -0.3 is 10.8 Å². The van der Waals surface area contributed by atoms with Crippen LogP contribution >= 0.6 is 0 Å². The zero-order valence-corrected chi connectivity index (χ0v) is 8.62. The lowest BCUT2D eigenvalue weighted by atomic mass is 10.0. The van der Waals surface area contributed by atoms with E-state index in [1.165, 1.54) is 6.07 Å². The van der Waals surface area contributed by atoms with Crippen LogP contribution in [-0.4, -0.2) is 11.0 Å². The summed E-state index contributed by atoms with van der Waals surface area (Å²) in [4.78, 5) is 10.4. The maximum Gasteiger partial charge on any atom is 0.217 e. The summed E-state index contributed by atoms with van der Waals surface area (Å²) >= 11 is 0. The monoisotopic (exact) mass is 229 g/mol. The molecule has 1 aromatic carbocycles. The SMILES string of the molecule is NC(=O)CCCC(O)c1ccc(F)c(F)c1. The zero-order valence-electron chi connectivity index (χ0n) is 8.62. The number of aliphatic hydroxyl groups is 1. The molecule has 3 nitrogen and oxygen atoms in total. The van der Waals surface area contributed by atoms with Gasteiger partial charge in [-0.3, -0.25) is 4.79 Å². The average molecular weight is 229 g/mol. The van der Waals surface area contributed by atoms with Crippen molar-refractivity contribution in [2.45, 2.75) is 25.4 Å². The Kier molecular flexibility index (Phi) is 4.37. The number of halogens is 2. The fourth-order valence-electron chi connectivity index (χ4n) is 1.36. The highest BCUT2D eigenvalue weighted by Crippen LogP contribution is 2.20. The molecule has 0 aliphatic carbocycles. The third kappa shape index (κ3) is 3.58. The van der Waals surface area contributed by atoms with Crippen LogP contribution in [0.25, 0.3) is 0 Å². The number of aliphatic hydroxyl groups excluding tert-OH is 1. The highest BCUT2D eigenvalue weighted by molar-refractivity contribution is 5.73. The minimum absolute atomic E-state index is 0.167. The number of hydrogen-bond acceptors (Lipinski definition) is 2. The maximum atomic E-state index is 12.8. The van der Waals surface area contributed by atoms with E-state index in [0.717, 1.165) is 12.1 Å². The van der Waals surface area contributed by atoms with Gasteiger partial charge in [0, 0.05) is 6.42 Å². The van der Waals surface area contributed by atoms with Gasteiger partial charge in [0.25, 0.3) is 0 Å². The molecule has 0 aromatic heterocycles. The molecule has 0 aliphatic heterocycles. The summed E-state index contributed by atoms with van der Waals surface area (Å²) in [5.41, 5.74) is 5.23. The molecule has 88 valence electrons. The first-order valence-corrected chi connectivity index (χ1v) is 4.92. The number of amides is 1. The van der Waals surface area contributed by atoms with Crippen molar-refractivity contribution in [2.75, 3.05) is 0 Å². The van der Waals surface area contributed by atoms with Crippen molar-refractivity contribution < 1.29 is 18.7 Å². The van der Waals surface area contributed by atoms with Crippen molar-refractivity contribution in [1.82, 2.24) is 0 Å². The molecule has 16 heavy (non-hydrogen) atoms. The molecule has 1 unspecified atom stereocenters. The van der Waals surface area contributed by atoms with Crippen molar-refractivity contribution in [2.24, 2.45) is 5.73 Å². The van der Waals surface area contributed by atoms with Gasteiger partial charge in [-0.25, -0.2) is 8.78 Å². The molecule has 0 bridgehead atoms. The molecule has 1 aromatic rings. The van der Waals surface area contributed by atoms with E-state index >= 15 is 0 Å². The highest BCUT2D eigenvalue weighted by Gasteiger charge is 2.10. The van der Waals surface area contributed by atoms with Crippen LogP contribution < -0.4 is 5.73 Å². The van der Waals surface area contributed by atoms with E-state index in [1.807, 2.05) is 0 Å². The number of carbonyl (C=O) groups is 1. The number of hydrogen-bond donors (Lipinski definition) is 2. The molecule has 0 saturated heterocycles. The Hall–Kier alpha value is -1.49. The van der Waals surface area contributed by atoms with Crippen LogP contribution in [0, 0.1) is 11.6 Å². The van der Waals surface area contributed by atoms with E-state index in [1.54, 1.807) is 0 Å². The minimum atomic E-state index is -0.994. The Bertz CT molecular complexity index is 382. The molecule has 0 fully saturated rings. The molecule has 1 amide bonds. The third-order valence-electron chi connectivity index (χ3n) is 2.23. The van der Waals surface area contributed by atoms with Crippen LogP contribution in [0.1, 0.15) is 30.9 Å². The predicted molar refractivity (Wildman–Crippen MR) is 54.4 cm³/mol. The van der Waals surface area contributed by atoms with Crippen LogP contribution in [0.4, 0.5) is 8.78 Å². The summed E-state index contributed by atoms with van der Waals surface area (Å²) in [6, 6.07) is 3.22. The van der Waals surface area contributed by atoms with Gasteiger partial charge in [0.2, 0.25) is 5.91 Å². The molecule has 3 N–H and O–H groups in total. The van der Waals surface area contributed by atoms with E-state index in [2.05, 4.69) is 0 Å². The van der Waals surface area contributed by atoms with E-state index in [0.29, 0.717) is 12.0 Å². The van der Waals surface area contributed by atoms with E-state index < -0.39 is 23.6 Å². The van der Waals surface area contributed by atoms with Crippen LogP contribution in [0.2, 0.25) is 0 Å². The van der Waals surface area contributed by atoms with Crippen LogP contribution in [0.3, 0.4) is 0 Å². The fraction of sp³-hybridized carbons (Fsp3) is 0.364. The summed E-state index contributed by atoms with van der Waals surface area (Å²) in [6.45, 7) is 0. The van der Waals surface area contributed by atoms with E-state index in [4.69, 9.17) is 5.73 Å². The lowest BCUT2D eigenvalue weighted by Crippen LogP contribution is -2.10. The second-order valence-corrected chi connectivity index (χ2v) is 3.55. The maximum absolute atomic E-state index is 12.8. The Morgan fingerprint density at radius 2 is 2.06 bits per heavy atom. The van der Waals surface area contributed by atoms with Gasteiger partial charge >= 0.3 is 0 Å². The molecule has 0 aliphatic rings. The van der Waals surface area contributed by atoms with Crippen LogP contribution in [0.15, 0.2) is 18.2 Å². The Labute approximate surface area is 91.9 Å². The smallest absolute Gasteiger partial charge is 0.217 e. The molecular formula is C11H13F2NO2. The quantitative estimate of drug-likeness (QED) is 0.806. The van der Waals surface area contributed by atoms with Gasteiger partial charge in [-0.1, -0.05) is 6.07 Å². The van der Waals surface area contributed by atoms with Crippen molar-refractivity contribution in [3.63, 3.8) is 0 Å². The highest BCUT2D eigenvalue weighted by atomic mass is 19.2. The largest absolute Gasteiger partial charge is 0.388 e. The predicted octanol–water partition coefficient (Wildman–Crippen LogP) is 1.65. The summed E-state index contributed by atoms with van der Waals surface area (Å²) in [6.07, 6.45) is -0.0426. The van der Waals surface area contributed by atoms with Crippen LogP contribution in [0.5, 0.6) is 0 Å². The number of primary amides is 1. The number of carbonyl (C=O) groups excluding carboxylic acids is 1. The fourth-order valence-corrected chi connectivity index (χ4v) is 1.36. The van der Waals surface area contributed by atoms with Gasteiger partial charge in [-0.05, 0) is 30.5 Å². The summed E-state index contributed by atoms with van der Waals surface area (Å²) < 4.78 is 25.4. The van der Waals surface area contributed by atoms with Gasteiger partial charge in [0.05, 0.1) is 6.10 Å². The third-order valence-corrected chi connectivity index (χ3v) is 2.23. The average Bonchev–Trinajstić information content (AvgIpc) is 2.21. The molecule has 0 spiro atoms. The van der Waals surface area contributed by atoms with E-state index in [-0.39, 0.29) is 12.8 Å². The van der Waals surface area contributed by atoms with Crippen LogP contribution in [-0.2, 0) is 4.79 Å². The van der Waals surface area contributed by atoms with E-state index in [9.17, 15) is 18.7 Å². The molecule has 0 heterocycles. The standard InChI is InChI=1S/C11H13F2NO2/c12-8-5-4-7(6-9(8)13)10(15)2-1-3-11(14)16/h4-6,10,15H,1-3H2,(H2,14,16). The Morgan fingerprint density at radius 1 is 1.38 bits per heavy atom. The first-order chi connectivity index (χ1) is 7.50. The van der Waals surface area contributed by atoms with Gasteiger partial charge in [-0.2, -0.15) is 0 Å². The number of nitrogens with two attached hydrogens (primary N) is 1. The second-order valence-electron chi connectivity index (χ2n) is 3.55. The van der Waals surface area contributed by atoms with Crippen molar-refractivity contribution in [3.8, 4) is 0 Å². The van der Waals surface area contributed by atoms with Gasteiger partial charge in [-0.15, -0.1) is 0 Å². The lowest BCUT2D eigenvalue weighted by molar-refractivity contribution is -0.118. The normalized spacial score (nSPS) is 12.4. The van der Waals surface area contributed by atoms with Crippen molar-refractivity contribution >= 4 is 5.91 Å². The Balaban J connectivity index is 2.55. The lowest BCUT2D eigenvalue weighted by Gasteiger charge is -2.10. The zero-order chi connectivity index (χ0) is 12.1. The first kappa shape index (κ1) is 12.6. The molecule has 0 radical (unpaired) electrons. The first-order valence-electron chi connectivity index (χ1n) is 4.92. The molecule has 1 rings (SSSR count). The summed E-state index contributed by atoms with van der Waals surface area (Å²) in [5.74, 6) is -2.39. The summed E-state index contributed by atoms with van der Waals surface area (Å²) in [7, 11) is 0. The summed E-state index contributed by atoms with van der Waals surface area (Å²) in [5, 5.41) is 9.61. The molecule has 0 saturated carbocycles. The topological polar surface area (TPSA) is 63.3 Å². The number of benzene rings is 1. The molecule has 5 heteroatoms. The number of rotatable bonds is 5. The van der Waals surface area contributed by atoms with Gasteiger partial charge in [0.15, 0.2) is 11.6 Å². The van der Waals surface area contributed by atoms with Crippen molar-refractivity contribution in [3.05, 3.63) is 35.4 Å².